The van der Waals surface area contributed by atoms with Gasteiger partial charge in [-0.1, -0.05) is 49.7 Å². The summed E-state index contributed by atoms with van der Waals surface area (Å²) in [6.45, 7) is 1.95. The quantitative estimate of drug-likeness (QED) is 0.281. The summed E-state index contributed by atoms with van der Waals surface area (Å²) in [5.41, 5.74) is 7.97. The number of rotatable bonds is 9. The largest absolute Gasteiger partial charge is 0.481 e. The molecule has 0 aliphatic heterocycles. The fraction of sp³-hybridized carbons (Fsp3) is 0.167. The Balaban J connectivity index is 1.80. The lowest BCUT2D eigenvalue weighted by Gasteiger charge is -2.19. The Morgan fingerprint density at radius 1 is 1.03 bits per heavy atom. The number of ether oxygens (including phenoxy) is 1. The van der Waals surface area contributed by atoms with Crippen molar-refractivity contribution in [3.05, 3.63) is 78.4 Å². The maximum absolute atomic E-state index is 13.0. The fourth-order valence-corrected chi connectivity index (χ4v) is 3.82. The topological polar surface area (TPSA) is 148 Å². The van der Waals surface area contributed by atoms with E-state index in [-0.39, 0.29) is 16.6 Å². The maximum atomic E-state index is 13.0. The molecule has 0 bridgehead atoms. The number of hydrogen-bond acceptors (Lipinski definition) is 5. The minimum Gasteiger partial charge on any atom is -0.481 e. The van der Waals surface area contributed by atoms with Crippen LogP contribution in [0, 0.1) is 5.41 Å². The van der Waals surface area contributed by atoms with Gasteiger partial charge in [0.1, 0.15) is 11.6 Å². The Labute approximate surface area is 193 Å². The molecule has 1 amide bonds. The molecular formula is C24H26N4O4S. The molecule has 0 aliphatic carbocycles. The second-order valence-corrected chi connectivity index (χ2v) is 9.04. The molecule has 8 nitrogen and oxygen atoms in total. The first-order valence-corrected chi connectivity index (χ1v) is 11.9. The first kappa shape index (κ1) is 24.0. The summed E-state index contributed by atoms with van der Waals surface area (Å²) in [5, 5.41) is 15.7. The molecule has 0 fully saturated rings. The van der Waals surface area contributed by atoms with E-state index in [1.807, 2.05) is 13.0 Å². The van der Waals surface area contributed by atoms with Crippen molar-refractivity contribution in [1.29, 1.82) is 5.41 Å². The van der Waals surface area contributed by atoms with Crippen molar-refractivity contribution >= 4 is 27.5 Å². The van der Waals surface area contributed by atoms with Crippen molar-refractivity contribution in [3.8, 4) is 16.9 Å². The standard InChI is InChI=1S/C24H26N4O4S/c1-2-6-22(32-20-11-4-9-18(14-20)23(25)26)24(29)28-19-10-3-7-16(13-19)17-8-5-12-21(15-17)33(27,30)31/h3-5,7-15,22H,2,6H2,1H3,(H3,25,26)(H,28,29)(H2,27,30,31). The number of anilines is 1. The molecule has 0 saturated carbocycles. The number of amidine groups is 1. The second kappa shape index (κ2) is 10.3. The number of sulfonamides is 1. The SMILES string of the molecule is CCCC(Oc1cccc(C(=N)N)c1)C(=O)Nc1cccc(-c2cccc(S(N)(=O)=O)c2)c1. The van der Waals surface area contributed by atoms with Gasteiger partial charge >= 0.3 is 0 Å². The summed E-state index contributed by atoms with van der Waals surface area (Å²) in [7, 11) is -3.83. The molecule has 0 aromatic heterocycles. The fourth-order valence-electron chi connectivity index (χ4n) is 3.26. The molecule has 3 aromatic carbocycles. The summed E-state index contributed by atoms with van der Waals surface area (Å²) >= 11 is 0. The third-order valence-corrected chi connectivity index (χ3v) is 5.80. The number of benzene rings is 3. The van der Waals surface area contributed by atoms with Crippen LogP contribution < -0.4 is 20.9 Å². The Morgan fingerprint density at radius 3 is 2.36 bits per heavy atom. The van der Waals surface area contributed by atoms with Crippen LogP contribution in [0.15, 0.2) is 77.7 Å². The van der Waals surface area contributed by atoms with E-state index in [9.17, 15) is 13.2 Å². The van der Waals surface area contributed by atoms with Gasteiger partial charge < -0.3 is 15.8 Å². The Bertz CT molecular complexity index is 1270. The average Bonchev–Trinajstić information content (AvgIpc) is 2.78. The number of amides is 1. The molecule has 1 unspecified atom stereocenters. The van der Waals surface area contributed by atoms with Crippen molar-refractivity contribution in [3.63, 3.8) is 0 Å². The van der Waals surface area contributed by atoms with Crippen molar-refractivity contribution in [2.24, 2.45) is 10.9 Å². The first-order valence-electron chi connectivity index (χ1n) is 10.3. The smallest absolute Gasteiger partial charge is 0.265 e. The molecule has 3 rings (SSSR count). The molecule has 0 heterocycles. The second-order valence-electron chi connectivity index (χ2n) is 7.48. The number of nitrogens with one attached hydrogen (secondary N) is 2. The minimum absolute atomic E-state index is 0.0126. The van der Waals surface area contributed by atoms with Gasteiger partial charge in [-0.2, -0.15) is 0 Å². The van der Waals surface area contributed by atoms with Gasteiger partial charge in [0.25, 0.3) is 5.91 Å². The molecular weight excluding hydrogens is 440 g/mol. The zero-order valence-corrected chi connectivity index (χ0v) is 18.9. The van der Waals surface area contributed by atoms with E-state index in [1.54, 1.807) is 54.6 Å². The summed E-state index contributed by atoms with van der Waals surface area (Å²) in [5.74, 6) is 0.0469. The molecule has 33 heavy (non-hydrogen) atoms. The van der Waals surface area contributed by atoms with E-state index in [0.29, 0.717) is 29.0 Å². The van der Waals surface area contributed by atoms with Crippen LogP contribution in [0.2, 0.25) is 0 Å². The molecule has 6 N–H and O–H groups in total. The highest BCUT2D eigenvalue weighted by atomic mass is 32.2. The van der Waals surface area contributed by atoms with Crippen LogP contribution in [0.25, 0.3) is 11.1 Å². The highest BCUT2D eigenvalue weighted by Crippen LogP contribution is 2.25. The molecule has 0 aliphatic rings. The molecule has 172 valence electrons. The van der Waals surface area contributed by atoms with Gasteiger partial charge in [-0.15, -0.1) is 0 Å². The van der Waals surface area contributed by atoms with Crippen LogP contribution >= 0.6 is 0 Å². The van der Waals surface area contributed by atoms with Gasteiger partial charge in [0.2, 0.25) is 10.0 Å². The van der Waals surface area contributed by atoms with Gasteiger partial charge in [0.15, 0.2) is 6.10 Å². The summed E-state index contributed by atoms with van der Waals surface area (Å²) < 4.78 is 29.2. The predicted octanol–water partition coefficient (Wildman–Crippen LogP) is 3.47. The number of carbonyl (C=O) groups is 1. The highest BCUT2D eigenvalue weighted by Gasteiger charge is 2.20. The number of nitrogen functional groups attached to an aromatic ring is 1. The summed E-state index contributed by atoms with van der Waals surface area (Å²) in [6, 6.07) is 20.1. The van der Waals surface area contributed by atoms with E-state index in [1.165, 1.54) is 12.1 Å². The Kier molecular flexibility index (Phi) is 7.47. The highest BCUT2D eigenvalue weighted by molar-refractivity contribution is 7.89. The number of carbonyl (C=O) groups excluding carboxylic acids is 1. The predicted molar refractivity (Wildman–Crippen MR) is 129 cm³/mol. The van der Waals surface area contributed by atoms with Crippen LogP contribution in [-0.2, 0) is 14.8 Å². The van der Waals surface area contributed by atoms with Gasteiger partial charge in [0.05, 0.1) is 4.90 Å². The van der Waals surface area contributed by atoms with Crippen LogP contribution in [-0.4, -0.2) is 26.3 Å². The zero-order chi connectivity index (χ0) is 24.0. The number of hydrogen-bond donors (Lipinski definition) is 4. The monoisotopic (exact) mass is 466 g/mol. The van der Waals surface area contributed by atoms with Crippen molar-refractivity contribution in [1.82, 2.24) is 0 Å². The molecule has 0 radical (unpaired) electrons. The van der Waals surface area contributed by atoms with Crippen LogP contribution in [0.1, 0.15) is 25.3 Å². The first-order chi connectivity index (χ1) is 15.7. The Morgan fingerprint density at radius 2 is 1.70 bits per heavy atom. The summed E-state index contributed by atoms with van der Waals surface area (Å²) in [6.07, 6.45) is 0.475. The van der Waals surface area contributed by atoms with Crippen LogP contribution in [0.3, 0.4) is 0 Å². The molecule has 9 heteroatoms. The van der Waals surface area contributed by atoms with E-state index >= 15 is 0 Å². The van der Waals surface area contributed by atoms with Crippen molar-refractivity contribution in [2.45, 2.75) is 30.8 Å². The molecule has 0 saturated heterocycles. The normalized spacial score (nSPS) is 12.1. The van der Waals surface area contributed by atoms with Gasteiger partial charge in [-0.05, 0) is 53.9 Å². The molecule has 1 atom stereocenters. The number of nitrogens with two attached hydrogens (primary N) is 2. The molecule has 3 aromatic rings. The van der Waals surface area contributed by atoms with E-state index in [2.05, 4.69) is 5.32 Å². The van der Waals surface area contributed by atoms with Crippen LogP contribution in [0.4, 0.5) is 5.69 Å². The third kappa shape index (κ3) is 6.41. The van der Waals surface area contributed by atoms with Crippen molar-refractivity contribution < 1.29 is 17.9 Å². The number of primary sulfonamides is 1. The zero-order valence-electron chi connectivity index (χ0n) is 18.1. The maximum Gasteiger partial charge on any atom is 0.265 e. The molecule has 0 spiro atoms. The lowest BCUT2D eigenvalue weighted by atomic mass is 10.1. The minimum atomic E-state index is -3.83. The van der Waals surface area contributed by atoms with Crippen LogP contribution in [0.5, 0.6) is 5.75 Å². The van der Waals surface area contributed by atoms with E-state index < -0.39 is 16.1 Å². The van der Waals surface area contributed by atoms with Crippen molar-refractivity contribution in [2.75, 3.05) is 5.32 Å². The average molecular weight is 467 g/mol. The lowest BCUT2D eigenvalue weighted by Crippen LogP contribution is -2.33. The van der Waals surface area contributed by atoms with Gasteiger partial charge in [0, 0.05) is 11.3 Å². The van der Waals surface area contributed by atoms with Gasteiger partial charge in [-0.25, -0.2) is 13.6 Å². The third-order valence-electron chi connectivity index (χ3n) is 4.89. The van der Waals surface area contributed by atoms with E-state index in [0.717, 1.165) is 12.0 Å². The van der Waals surface area contributed by atoms with E-state index in [4.69, 9.17) is 21.0 Å². The lowest BCUT2D eigenvalue weighted by molar-refractivity contribution is -0.123. The van der Waals surface area contributed by atoms with Gasteiger partial charge in [-0.3, -0.25) is 10.2 Å². The Hall–Kier alpha value is -3.69. The summed E-state index contributed by atoms with van der Waals surface area (Å²) in [4.78, 5) is 13.0.